The van der Waals surface area contributed by atoms with Crippen molar-refractivity contribution >= 4 is 23.2 Å². The number of anilines is 2. The highest BCUT2D eigenvalue weighted by Gasteiger charge is 2.33. The van der Waals surface area contributed by atoms with E-state index in [0.717, 1.165) is 49.2 Å². The molecule has 1 atom stereocenters. The van der Waals surface area contributed by atoms with Crippen molar-refractivity contribution in [3.8, 4) is 0 Å². The van der Waals surface area contributed by atoms with Crippen LogP contribution in [0.3, 0.4) is 0 Å². The van der Waals surface area contributed by atoms with Crippen LogP contribution in [0.4, 0.5) is 24.5 Å². The Morgan fingerprint density at radius 2 is 1.75 bits per heavy atom. The molecular weight excluding hydrogens is 421 g/mol. The van der Waals surface area contributed by atoms with Crippen molar-refractivity contribution in [3.63, 3.8) is 0 Å². The molecule has 2 aromatic carbocycles. The number of hydrogen-bond donors (Lipinski definition) is 2. The average Bonchev–Trinajstić information content (AvgIpc) is 3.27. The molecule has 0 spiro atoms. The molecule has 9 heteroatoms. The first-order valence-electron chi connectivity index (χ1n) is 10.6. The van der Waals surface area contributed by atoms with Crippen LogP contribution in [0.5, 0.6) is 0 Å². The molecule has 0 unspecified atom stereocenters. The fraction of sp³-hybridized carbons (Fsp3) is 0.391. The molecule has 2 aromatic rings. The van der Waals surface area contributed by atoms with Crippen LogP contribution in [0.1, 0.15) is 29.5 Å². The molecular formula is C23H25F3N4O2. The lowest BCUT2D eigenvalue weighted by Gasteiger charge is -2.34. The molecule has 4 rings (SSSR count). The SMILES string of the molecule is NC(=O)[C@H]1Cc2ccccc2CN1CC(=O)Nc1cc(C(F)(F)F)ccc1N1CCCC1. The number of nitrogens with zero attached hydrogens (tertiary/aromatic N) is 2. The number of hydrogen-bond acceptors (Lipinski definition) is 4. The third kappa shape index (κ3) is 4.72. The number of amides is 2. The van der Waals surface area contributed by atoms with Crippen molar-refractivity contribution in [2.24, 2.45) is 5.73 Å². The van der Waals surface area contributed by atoms with Crippen LogP contribution in [0.25, 0.3) is 0 Å². The van der Waals surface area contributed by atoms with Gasteiger partial charge in [-0.25, -0.2) is 0 Å². The minimum atomic E-state index is -4.52. The van der Waals surface area contributed by atoms with E-state index < -0.39 is 29.6 Å². The summed E-state index contributed by atoms with van der Waals surface area (Å²) in [5, 5.41) is 2.66. The minimum absolute atomic E-state index is 0.125. The lowest BCUT2D eigenvalue weighted by molar-refractivity contribution is -0.137. The first-order valence-corrected chi connectivity index (χ1v) is 10.6. The molecule has 2 heterocycles. The van der Waals surface area contributed by atoms with Gasteiger partial charge in [0.1, 0.15) is 0 Å². The first kappa shape index (κ1) is 22.1. The predicted octanol–water partition coefficient (Wildman–Crippen LogP) is 3.16. The van der Waals surface area contributed by atoms with Gasteiger partial charge in [-0.15, -0.1) is 0 Å². The number of benzene rings is 2. The van der Waals surface area contributed by atoms with Gasteiger partial charge in [0.2, 0.25) is 11.8 Å². The van der Waals surface area contributed by atoms with E-state index in [1.807, 2.05) is 29.2 Å². The summed E-state index contributed by atoms with van der Waals surface area (Å²) < 4.78 is 39.8. The number of rotatable bonds is 5. The molecule has 0 bridgehead atoms. The first-order chi connectivity index (χ1) is 15.2. The molecule has 1 fully saturated rings. The fourth-order valence-electron chi connectivity index (χ4n) is 4.44. The summed E-state index contributed by atoms with van der Waals surface area (Å²) >= 11 is 0. The van der Waals surface area contributed by atoms with E-state index in [0.29, 0.717) is 18.7 Å². The topological polar surface area (TPSA) is 78.7 Å². The Bertz CT molecular complexity index is 1020. The summed E-state index contributed by atoms with van der Waals surface area (Å²) in [6.45, 7) is 1.65. The fourth-order valence-corrected chi connectivity index (χ4v) is 4.44. The number of alkyl halides is 3. The third-order valence-corrected chi connectivity index (χ3v) is 6.07. The van der Waals surface area contributed by atoms with Gasteiger partial charge in [0.05, 0.1) is 29.5 Å². The zero-order chi connectivity index (χ0) is 22.9. The Hall–Kier alpha value is -3.07. The maximum absolute atomic E-state index is 13.3. The minimum Gasteiger partial charge on any atom is -0.370 e. The second-order valence-electron chi connectivity index (χ2n) is 8.27. The summed E-state index contributed by atoms with van der Waals surface area (Å²) in [6, 6.07) is 10.4. The number of carbonyl (C=O) groups excluding carboxylic acids is 2. The molecule has 170 valence electrons. The van der Waals surface area contributed by atoms with Gasteiger partial charge in [-0.2, -0.15) is 13.2 Å². The van der Waals surface area contributed by atoms with Gasteiger partial charge in [-0.1, -0.05) is 24.3 Å². The van der Waals surface area contributed by atoms with Gasteiger partial charge >= 0.3 is 6.18 Å². The standard InChI is InChI=1S/C23H25F3N4O2/c24-23(25,26)17-7-8-19(29-9-3-4-10-29)18(12-17)28-21(31)14-30-13-16-6-2-1-5-15(16)11-20(30)22(27)32/h1-2,5-8,12,20H,3-4,9-11,13-14H2,(H2,27,32)(H,28,31)/t20-/m1/s1. The molecule has 0 radical (unpaired) electrons. The van der Waals surface area contributed by atoms with Gasteiger partial charge in [-0.05, 0) is 48.6 Å². The molecule has 0 aromatic heterocycles. The number of primary amides is 1. The Morgan fingerprint density at radius 3 is 2.41 bits per heavy atom. The third-order valence-electron chi connectivity index (χ3n) is 6.07. The van der Waals surface area contributed by atoms with Crippen molar-refractivity contribution in [1.82, 2.24) is 4.90 Å². The zero-order valence-corrected chi connectivity index (χ0v) is 17.5. The highest BCUT2D eigenvalue weighted by Crippen LogP contribution is 2.36. The van der Waals surface area contributed by atoms with Crippen LogP contribution in [0.2, 0.25) is 0 Å². The molecule has 2 aliphatic heterocycles. The number of halogens is 3. The van der Waals surface area contributed by atoms with Crippen LogP contribution < -0.4 is 16.0 Å². The van der Waals surface area contributed by atoms with Crippen molar-refractivity contribution in [3.05, 3.63) is 59.2 Å². The monoisotopic (exact) mass is 446 g/mol. The molecule has 0 aliphatic carbocycles. The second kappa shape index (κ2) is 8.82. The van der Waals surface area contributed by atoms with E-state index >= 15 is 0 Å². The molecule has 2 aliphatic rings. The summed E-state index contributed by atoms with van der Waals surface area (Å²) in [4.78, 5) is 28.5. The maximum Gasteiger partial charge on any atom is 0.416 e. The number of carbonyl (C=O) groups is 2. The van der Waals surface area contributed by atoms with E-state index in [1.54, 1.807) is 4.90 Å². The lowest BCUT2D eigenvalue weighted by atomic mass is 9.93. The molecule has 1 saturated heterocycles. The largest absolute Gasteiger partial charge is 0.416 e. The number of nitrogens with two attached hydrogens (primary N) is 1. The van der Waals surface area contributed by atoms with Gasteiger partial charge in [0, 0.05) is 19.6 Å². The zero-order valence-electron chi connectivity index (χ0n) is 17.5. The van der Waals surface area contributed by atoms with E-state index in [4.69, 9.17) is 5.73 Å². The smallest absolute Gasteiger partial charge is 0.370 e. The Morgan fingerprint density at radius 1 is 1.06 bits per heavy atom. The van der Waals surface area contributed by atoms with Gasteiger partial charge in [-0.3, -0.25) is 14.5 Å². The van der Waals surface area contributed by atoms with Crippen LogP contribution >= 0.6 is 0 Å². The number of nitrogens with one attached hydrogen (secondary N) is 1. The summed E-state index contributed by atoms with van der Waals surface area (Å²) in [5.41, 5.74) is 7.44. The Labute approximate surface area is 184 Å². The van der Waals surface area contributed by atoms with E-state index in [9.17, 15) is 22.8 Å². The van der Waals surface area contributed by atoms with E-state index in [1.165, 1.54) is 6.07 Å². The van der Waals surface area contributed by atoms with Crippen LogP contribution in [-0.2, 0) is 28.7 Å². The normalized spacial score (nSPS) is 19.0. The molecule has 3 N–H and O–H groups in total. The maximum atomic E-state index is 13.3. The van der Waals surface area contributed by atoms with Crippen molar-refractivity contribution < 1.29 is 22.8 Å². The molecule has 32 heavy (non-hydrogen) atoms. The van der Waals surface area contributed by atoms with Crippen molar-refractivity contribution in [2.45, 2.75) is 38.0 Å². The lowest BCUT2D eigenvalue weighted by Crippen LogP contribution is -2.50. The molecule has 6 nitrogen and oxygen atoms in total. The predicted molar refractivity (Wildman–Crippen MR) is 115 cm³/mol. The van der Waals surface area contributed by atoms with Gasteiger partial charge in [0.15, 0.2) is 0 Å². The molecule has 2 amide bonds. The Kier molecular flexibility index (Phi) is 6.10. The van der Waals surface area contributed by atoms with Crippen LogP contribution in [0.15, 0.2) is 42.5 Å². The summed E-state index contributed by atoms with van der Waals surface area (Å²) in [7, 11) is 0. The average molecular weight is 446 g/mol. The van der Waals surface area contributed by atoms with Gasteiger partial charge in [0.25, 0.3) is 0 Å². The van der Waals surface area contributed by atoms with Crippen molar-refractivity contribution in [2.75, 3.05) is 29.9 Å². The summed E-state index contributed by atoms with van der Waals surface area (Å²) in [5.74, 6) is -1.03. The van der Waals surface area contributed by atoms with Crippen LogP contribution in [0, 0.1) is 0 Å². The van der Waals surface area contributed by atoms with E-state index in [-0.39, 0.29) is 12.2 Å². The summed E-state index contributed by atoms with van der Waals surface area (Å²) in [6.07, 6.45) is -2.23. The van der Waals surface area contributed by atoms with Crippen LogP contribution in [-0.4, -0.2) is 42.4 Å². The highest BCUT2D eigenvalue weighted by atomic mass is 19.4. The number of fused-ring (bicyclic) bond motifs is 1. The van der Waals surface area contributed by atoms with Crippen molar-refractivity contribution in [1.29, 1.82) is 0 Å². The highest BCUT2D eigenvalue weighted by molar-refractivity contribution is 5.96. The van der Waals surface area contributed by atoms with E-state index in [2.05, 4.69) is 5.32 Å². The Balaban J connectivity index is 1.56. The van der Waals surface area contributed by atoms with Gasteiger partial charge < -0.3 is 16.0 Å². The second-order valence-corrected chi connectivity index (χ2v) is 8.27. The quantitative estimate of drug-likeness (QED) is 0.740. The molecule has 0 saturated carbocycles.